The molecule has 8 nitrogen and oxygen atoms in total. The molecule has 1 aromatic carbocycles. The highest BCUT2D eigenvalue weighted by Gasteiger charge is 2.47. The lowest BCUT2D eigenvalue weighted by atomic mass is 9.81. The second-order valence-electron chi connectivity index (χ2n) is 7.85. The number of benzene rings is 1. The summed E-state index contributed by atoms with van der Waals surface area (Å²) in [5, 5.41) is 2.81. The number of nitrogens with zero attached hydrogens (tertiary/aromatic N) is 2. The average Bonchev–Trinajstić information content (AvgIpc) is 2.99. The molecule has 10 heteroatoms. The highest BCUT2D eigenvalue weighted by Crippen LogP contribution is 2.38. The zero-order chi connectivity index (χ0) is 22.8. The predicted molar refractivity (Wildman–Crippen MR) is 117 cm³/mol. The Hall–Kier alpha value is -1.97. The van der Waals surface area contributed by atoms with E-state index in [0.717, 1.165) is 25.7 Å². The van der Waals surface area contributed by atoms with Gasteiger partial charge >= 0.3 is 0 Å². The largest absolute Gasteiger partial charge is 0.325 e. The molecule has 1 aliphatic heterocycles. The molecule has 1 saturated carbocycles. The first kappa shape index (κ1) is 23.7. The van der Waals surface area contributed by atoms with Crippen LogP contribution in [0.25, 0.3) is 0 Å². The maximum Gasteiger partial charge on any atom is 0.243 e. The lowest BCUT2D eigenvalue weighted by Crippen LogP contribution is -2.34. The van der Waals surface area contributed by atoms with Crippen molar-refractivity contribution in [3.8, 4) is 0 Å². The number of halogens is 1. The minimum absolute atomic E-state index is 0.00551. The third kappa shape index (κ3) is 4.78. The van der Waals surface area contributed by atoms with Gasteiger partial charge in [0.1, 0.15) is 0 Å². The van der Waals surface area contributed by atoms with Gasteiger partial charge in [0.2, 0.25) is 27.7 Å². The molecule has 0 aromatic heterocycles. The number of carbonyl (C=O) groups is 3. The van der Waals surface area contributed by atoms with E-state index in [2.05, 4.69) is 5.32 Å². The maximum atomic E-state index is 12.7. The lowest BCUT2D eigenvalue weighted by molar-refractivity contribution is -0.140. The van der Waals surface area contributed by atoms with Gasteiger partial charge in [0.15, 0.2) is 0 Å². The van der Waals surface area contributed by atoms with Gasteiger partial charge in [-0.1, -0.05) is 38.3 Å². The molecule has 0 bridgehead atoms. The monoisotopic (exact) mass is 469 g/mol. The normalized spacial score (nSPS) is 21.5. The summed E-state index contributed by atoms with van der Waals surface area (Å²) in [6.07, 6.45) is 3.25. The predicted octanol–water partition coefficient (Wildman–Crippen LogP) is 2.87. The zero-order valence-corrected chi connectivity index (χ0v) is 19.3. The number of likely N-dealkylation sites (tertiary alicyclic amines) is 1. The molecule has 2 fully saturated rings. The summed E-state index contributed by atoms with van der Waals surface area (Å²) in [7, 11) is -3.70. The molecule has 1 aliphatic carbocycles. The van der Waals surface area contributed by atoms with Crippen molar-refractivity contribution < 1.29 is 22.8 Å². The van der Waals surface area contributed by atoms with Gasteiger partial charge in [-0.2, -0.15) is 4.31 Å². The van der Waals surface area contributed by atoms with Gasteiger partial charge in [0.25, 0.3) is 0 Å². The Balaban J connectivity index is 1.67. The van der Waals surface area contributed by atoms with E-state index < -0.39 is 15.9 Å². The molecule has 31 heavy (non-hydrogen) atoms. The summed E-state index contributed by atoms with van der Waals surface area (Å²) in [6, 6.07) is 4.15. The number of imide groups is 1. The number of fused-ring (bicyclic) bond motifs is 1. The molecular formula is C21H28ClN3O5S. The van der Waals surface area contributed by atoms with Crippen LogP contribution in [0.4, 0.5) is 5.69 Å². The topological polar surface area (TPSA) is 104 Å². The molecular weight excluding hydrogens is 442 g/mol. The first-order valence-electron chi connectivity index (χ1n) is 10.7. The quantitative estimate of drug-likeness (QED) is 0.589. The molecule has 2 atom stereocenters. The molecule has 1 saturated heterocycles. The number of carbonyl (C=O) groups excluding carboxylic acids is 3. The van der Waals surface area contributed by atoms with Crippen LogP contribution >= 0.6 is 11.6 Å². The molecule has 1 aromatic rings. The minimum Gasteiger partial charge on any atom is -0.325 e. The smallest absolute Gasteiger partial charge is 0.243 e. The van der Waals surface area contributed by atoms with Crippen LogP contribution in [0.3, 0.4) is 0 Å². The molecule has 2 aliphatic rings. The van der Waals surface area contributed by atoms with Crippen molar-refractivity contribution in [1.82, 2.24) is 9.21 Å². The van der Waals surface area contributed by atoms with Crippen LogP contribution in [-0.4, -0.2) is 55.0 Å². The van der Waals surface area contributed by atoms with E-state index in [1.807, 2.05) is 0 Å². The van der Waals surface area contributed by atoms with Gasteiger partial charge in [0.05, 0.1) is 27.4 Å². The molecule has 170 valence electrons. The van der Waals surface area contributed by atoms with E-state index in [1.54, 1.807) is 13.8 Å². The van der Waals surface area contributed by atoms with E-state index in [-0.39, 0.29) is 52.2 Å². The first-order chi connectivity index (χ1) is 14.7. The lowest BCUT2D eigenvalue weighted by Gasteiger charge is -2.19. The van der Waals surface area contributed by atoms with E-state index >= 15 is 0 Å². The maximum absolute atomic E-state index is 12.7. The number of sulfonamides is 1. The van der Waals surface area contributed by atoms with Gasteiger partial charge in [-0.3, -0.25) is 19.3 Å². The Morgan fingerprint density at radius 1 is 1.13 bits per heavy atom. The number of amides is 3. The van der Waals surface area contributed by atoms with Crippen molar-refractivity contribution in [2.75, 3.05) is 25.0 Å². The first-order valence-corrected chi connectivity index (χ1v) is 12.5. The highest BCUT2D eigenvalue weighted by molar-refractivity contribution is 7.89. The van der Waals surface area contributed by atoms with Crippen LogP contribution in [-0.2, 0) is 24.4 Å². The fraction of sp³-hybridized carbons (Fsp3) is 0.571. The van der Waals surface area contributed by atoms with Crippen molar-refractivity contribution in [1.29, 1.82) is 0 Å². The Morgan fingerprint density at radius 2 is 1.71 bits per heavy atom. The fourth-order valence-electron chi connectivity index (χ4n) is 4.35. The Bertz CT molecular complexity index is 953. The number of nitrogens with one attached hydrogen (secondary N) is 1. The van der Waals surface area contributed by atoms with E-state index in [1.165, 1.54) is 27.4 Å². The molecule has 3 amide bonds. The summed E-state index contributed by atoms with van der Waals surface area (Å²) < 4.78 is 26.8. The minimum atomic E-state index is -3.70. The van der Waals surface area contributed by atoms with Gasteiger partial charge < -0.3 is 5.32 Å². The molecule has 1 heterocycles. The molecule has 0 spiro atoms. The molecule has 0 radical (unpaired) electrons. The Kier molecular flexibility index (Phi) is 7.39. The van der Waals surface area contributed by atoms with E-state index in [9.17, 15) is 22.8 Å². The van der Waals surface area contributed by atoms with Crippen LogP contribution < -0.4 is 5.32 Å². The summed E-state index contributed by atoms with van der Waals surface area (Å²) in [4.78, 5) is 38.8. The number of hydrogen-bond acceptors (Lipinski definition) is 5. The third-order valence-electron chi connectivity index (χ3n) is 6.05. The molecule has 2 unspecified atom stereocenters. The van der Waals surface area contributed by atoms with Crippen molar-refractivity contribution in [2.24, 2.45) is 11.8 Å². The Labute approximate surface area is 188 Å². The third-order valence-corrected chi connectivity index (χ3v) is 8.43. The van der Waals surface area contributed by atoms with Gasteiger partial charge in [-0.15, -0.1) is 0 Å². The van der Waals surface area contributed by atoms with Gasteiger partial charge in [0, 0.05) is 26.1 Å². The zero-order valence-electron chi connectivity index (χ0n) is 17.8. The standard InChI is InChI=1S/C21H28ClN3O5S/c1-3-24(4-2)31(29,30)14-9-10-17(22)18(13-14)23-19(26)11-12-25-20(27)15-7-5-6-8-16(15)21(25)28/h9-10,13,15-16H,3-8,11-12H2,1-2H3,(H,23,26). The van der Waals surface area contributed by atoms with Crippen molar-refractivity contribution in [2.45, 2.75) is 50.8 Å². The highest BCUT2D eigenvalue weighted by atomic mass is 35.5. The fourth-order valence-corrected chi connectivity index (χ4v) is 6.00. The molecule has 1 N–H and O–H groups in total. The van der Waals surface area contributed by atoms with E-state index in [0.29, 0.717) is 13.1 Å². The second kappa shape index (κ2) is 9.67. The number of anilines is 1. The number of hydrogen-bond donors (Lipinski definition) is 1. The van der Waals surface area contributed by atoms with Crippen molar-refractivity contribution in [3.05, 3.63) is 23.2 Å². The summed E-state index contributed by atoms with van der Waals surface area (Å²) in [5.74, 6) is -1.32. The van der Waals surface area contributed by atoms with Crippen LogP contribution in [0.15, 0.2) is 23.1 Å². The Morgan fingerprint density at radius 3 is 2.26 bits per heavy atom. The van der Waals surface area contributed by atoms with Crippen LogP contribution in [0.1, 0.15) is 46.0 Å². The summed E-state index contributed by atoms with van der Waals surface area (Å²) in [6.45, 7) is 4.14. The number of rotatable bonds is 8. The average molecular weight is 470 g/mol. The summed E-state index contributed by atoms with van der Waals surface area (Å²) in [5.41, 5.74) is 0.174. The van der Waals surface area contributed by atoms with Crippen LogP contribution in [0.5, 0.6) is 0 Å². The van der Waals surface area contributed by atoms with Crippen molar-refractivity contribution >= 4 is 45.0 Å². The van der Waals surface area contributed by atoms with Crippen LogP contribution in [0, 0.1) is 11.8 Å². The van der Waals surface area contributed by atoms with Gasteiger partial charge in [-0.25, -0.2) is 8.42 Å². The molecule has 3 rings (SSSR count). The van der Waals surface area contributed by atoms with E-state index in [4.69, 9.17) is 11.6 Å². The SMILES string of the molecule is CCN(CC)S(=O)(=O)c1ccc(Cl)c(NC(=O)CCN2C(=O)C3CCCCC3C2=O)c1. The summed E-state index contributed by atoms with van der Waals surface area (Å²) >= 11 is 6.15. The van der Waals surface area contributed by atoms with Crippen molar-refractivity contribution in [3.63, 3.8) is 0 Å². The van der Waals surface area contributed by atoms with Crippen LogP contribution in [0.2, 0.25) is 5.02 Å². The second-order valence-corrected chi connectivity index (χ2v) is 10.2. The van der Waals surface area contributed by atoms with Gasteiger partial charge in [-0.05, 0) is 31.0 Å².